The van der Waals surface area contributed by atoms with Crippen LogP contribution in [-0.4, -0.2) is 31.1 Å². The van der Waals surface area contributed by atoms with E-state index in [0.717, 1.165) is 45.4 Å². The molecule has 118 valence electrons. The molecule has 0 aromatic heterocycles. The van der Waals surface area contributed by atoms with E-state index in [1.807, 2.05) is 0 Å². The maximum atomic E-state index is 13.3. The number of benzene rings is 1. The fourth-order valence-corrected chi connectivity index (χ4v) is 2.97. The molecule has 0 bridgehead atoms. The van der Waals surface area contributed by atoms with Crippen LogP contribution in [0.25, 0.3) is 0 Å². The summed E-state index contributed by atoms with van der Waals surface area (Å²) in [5, 5.41) is 3.26. The van der Waals surface area contributed by atoms with Crippen LogP contribution in [0.15, 0.2) is 24.3 Å². The lowest BCUT2D eigenvalue weighted by Crippen LogP contribution is -2.45. The molecule has 1 aromatic rings. The standard InChI is InChI=1S/C16H23F3N2/c1-2-3-8-15(21-11-9-20-10-12-21)13-6-4-5-7-14(13)16(17,18)19/h4-7,15,20H,2-3,8-12H2,1H3/t15-/m1/s1. The fraction of sp³-hybridized carbons (Fsp3) is 0.625. The summed E-state index contributed by atoms with van der Waals surface area (Å²) in [6.07, 6.45) is -1.56. The maximum absolute atomic E-state index is 13.3. The Bertz CT molecular complexity index is 439. The normalized spacial score (nSPS) is 18.7. The molecule has 0 spiro atoms. The molecule has 0 unspecified atom stereocenters. The highest BCUT2D eigenvalue weighted by Gasteiger charge is 2.36. The average Bonchev–Trinajstić information content (AvgIpc) is 2.48. The van der Waals surface area contributed by atoms with E-state index < -0.39 is 11.7 Å². The second-order valence-corrected chi connectivity index (χ2v) is 5.53. The van der Waals surface area contributed by atoms with Gasteiger partial charge in [-0.1, -0.05) is 38.0 Å². The topological polar surface area (TPSA) is 15.3 Å². The van der Waals surface area contributed by atoms with Gasteiger partial charge in [0, 0.05) is 32.2 Å². The Hall–Kier alpha value is -1.07. The van der Waals surface area contributed by atoms with Gasteiger partial charge in [-0.15, -0.1) is 0 Å². The van der Waals surface area contributed by atoms with E-state index in [2.05, 4.69) is 17.1 Å². The van der Waals surface area contributed by atoms with Crippen molar-refractivity contribution in [1.29, 1.82) is 0 Å². The van der Waals surface area contributed by atoms with Crippen LogP contribution in [0.3, 0.4) is 0 Å². The molecular weight excluding hydrogens is 277 g/mol. The molecule has 5 heteroatoms. The predicted octanol–water partition coefficient (Wildman–Crippen LogP) is 3.84. The number of rotatable bonds is 5. The lowest BCUT2D eigenvalue weighted by atomic mass is 9.94. The van der Waals surface area contributed by atoms with Crippen molar-refractivity contribution in [2.45, 2.75) is 38.4 Å². The minimum atomic E-state index is -4.28. The molecule has 1 aliphatic heterocycles. The van der Waals surface area contributed by atoms with Gasteiger partial charge in [0.15, 0.2) is 0 Å². The number of halogens is 3. The summed E-state index contributed by atoms with van der Waals surface area (Å²) in [5.41, 5.74) is -0.0509. The third-order valence-corrected chi connectivity index (χ3v) is 4.05. The molecule has 0 radical (unpaired) electrons. The third kappa shape index (κ3) is 4.20. The van der Waals surface area contributed by atoms with E-state index in [-0.39, 0.29) is 6.04 Å². The number of unbranched alkanes of at least 4 members (excludes halogenated alkanes) is 1. The second kappa shape index (κ2) is 7.27. The molecule has 1 N–H and O–H groups in total. The fourth-order valence-electron chi connectivity index (χ4n) is 2.97. The van der Waals surface area contributed by atoms with Crippen LogP contribution in [0.2, 0.25) is 0 Å². The van der Waals surface area contributed by atoms with Crippen molar-refractivity contribution in [2.24, 2.45) is 0 Å². The summed E-state index contributed by atoms with van der Waals surface area (Å²) in [6, 6.07) is 5.90. The first-order valence-corrected chi connectivity index (χ1v) is 7.65. The van der Waals surface area contributed by atoms with Gasteiger partial charge < -0.3 is 5.32 Å². The predicted molar refractivity (Wildman–Crippen MR) is 78.2 cm³/mol. The summed E-state index contributed by atoms with van der Waals surface area (Å²) in [5.74, 6) is 0. The highest BCUT2D eigenvalue weighted by Crippen LogP contribution is 2.38. The molecule has 1 atom stereocenters. The van der Waals surface area contributed by atoms with Crippen LogP contribution in [0, 0.1) is 0 Å². The largest absolute Gasteiger partial charge is 0.416 e. The summed E-state index contributed by atoms with van der Waals surface area (Å²) in [7, 11) is 0. The van der Waals surface area contributed by atoms with Crippen LogP contribution < -0.4 is 5.32 Å². The van der Waals surface area contributed by atoms with Crippen LogP contribution in [0.4, 0.5) is 13.2 Å². The van der Waals surface area contributed by atoms with Crippen molar-refractivity contribution in [3.05, 3.63) is 35.4 Å². The monoisotopic (exact) mass is 300 g/mol. The van der Waals surface area contributed by atoms with Gasteiger partial charge in [-0.25, -0.2) is 0 Å². The van der Waals surface area contributed by atoms with E-state index in [1.165, 1.54) is 12.1 Å². The Labute approximate surface area is 124 Å². The van der Waals surface area contributed by atoms with Gasteiger partial charge in [0.1, 0.15) is 0 Å². The zero-order valence-electron chi connectivity index (χ0n) is 12.4. The van der Waals surface area contributed by atoms with Crippen molar-refractivity contribution in [2.75, 3.05) is 26.2 Å². The van der Waals surface area contributed by atoms with Crippen molar-refractivity contribution in [1.82, 2.24) is 10.2 Å². The van der Waals surface area contributed by atoms with Crippen molar-refractivity contribution in [3.8, 4) is 0 Å². The van der Waals surface area contributed by atoms with Crippen molar-refractivity contribution < 1.29 is 13.2 Å². The highest BCUT2D eigenvalue weighted by atomic mass is 19.4. The molecule has 1 fully saturated rings. The van der Waals surface area contributed by atoms with Gasteiger partial charge in [-0.3, -0.25) is 4.90 Å². The van der Waals surface area contributed by atoms with Gasteiger partial charge in [0.2, 0.25) is 0 Å². The van der Waals surface area contributed by atoms with Crippen LogP contribution >= 0.6 is 0 Å². The Balaban J connectivity index is 2.31. The molecule has 0 amide bonds. The van der Waals surface area contributed by atoms with Crippen molar-refractivity contribution in [3.63, 3.8) is 0 Å². The van der Waals surface area contributed by atoms with E-state index in [4.69, 9.17) is 0 Å². The highest BCUT2D eigenvalue weighted by molar-refractivity contribution is 5.32. The SMILES string of the molecule is CCCC[C@H](c1ccccc1C(F)(F)F)N1CCNCC1. The molecule has 21 heavy (non-hydrogen) atoms. The van der Waals surface area contributed by atoms with Crippen LogP contribution in [-0.2, 0) is 6.18 Å². The number of nitrogens with one attached hydrogen (secondary N) is 1. The van der Waals surface area contributed by atoms with Crippen LogP contribution in [0.5, 0.6) is 0 Å². The number of nitrogens with zero attached hydrogens (tertiary/aromatic N) is 1. The van der Waals surface area contributed by atoms with Gasteiger partial charge in [-0.05, 0) is 18.1 Å². The minimum Gasteiger partial charge on any atom is -0.314 e. The summed E-state index contributed by atoms with van der Waals surface area (Å²) >= 11 is 0. The minimum absolute atomic E-state index is 0.134. The number of hydrogen-bond donors (Lipinski definition) is 1. The Morgan fingerprint density at radius 1 is 1.19 bits per heavy atom. The molecule has 2 rings (SSSR count). The Kier molecular flexibility index (Phi) is 5.65. The number of piperazine rings is 1. The molecule has 1 aromatic carbocycles. The molecule has 1 heterocycles. The van der Waals surface area contributed by atoms with Gasteiger partial charge in [0.25, 0.3) is 0 Å². The lowest BCUT2D eigenvalue weighted by Gasteiger charge is -2.36. The molecular formula is C16H23F3N2. The van der Waals surface area contributed by atoms with E-state index in [1.54, 1.807) is 12.1 Å². The smallest absolute Gasteiger partial charge is 0.314 e. The Morgan fingerprint density at radius 2 is 1.86 bits per heavy atom. The van der Waals surface area contributed by atoms with E-state index >= 15 is 0 Å². The quantitative estimate of drug-likeness (QED) is 0.889. The molecule has 1 saturated heterocycles. The molecule has 0 saturated carbocycles. The third-order valence-electron chi connectivity index (χ3n) is 4.05. The number of alkyl halides is 3. The summed E-state index contributed by atoms with van der Waals surface area (Å²) in [6.45, 7) is 5.37. The second-order valence-electron chi connectivity index (χ2n) is 5.53. The molecule has 2 nitrogen and oxygen atoms in total. The average molecular weight is 300 g/mol. The first-order valence-electron chi connectivity index (χ1n) is 7.65. The zero-order chi connectivity index (χ0) is 15.3. The molecule has 0 aliphatic carbocycles. The number of hydrogen-bond acceptors (Lipinski definition) is 2. The first-order chi connectivity index (χ1) is 10.0. The zero-order valence-corrected chi connectivity index (χ0v) is 12.4. The molecule has 1 aliphatic rings. The first kappa shape index (κ1) is 16.3. The van der Waals surface area contributed by atoms with E-state index in [0.29, 0.717) is 5.56 Å². The maximum Gasteiger partial charge on any atom is 0.416 e. The summed E-state index contributed by atoms with van der Waals surface area (Å²) in [4.78, 5) is 2.19. The Morgan fingerprint density at radius 3 is 2.48 bits per heavy atom. The van der Waals surface area contributed by atoms with Crippen molar-refractivity contribution >= 4 is 0 Å². The summed E-state index contributed by atoms with van der Waals surface area (Å²) < 4.78 is 39.8. The van der Waals surface area contributed by atoms with Gasteiger partial charge in [-0.2, -0.15) is 13.2 Å². The van der Waals surface area contributed by atoms with Gasteiger partial charge in [0.05, 0.1) is 5.56 Å². The van der Waals surface area contributed by atoms with Crippen LogP contribution in [0.1, 0.15) is 43.4 Å². The van der Waals surface area contributed by atoms with E-state index in [9.17, 15) is 13.2 Å². The lowest BCUT2D eigenvalue weighted by molar-refractivity contribution is -0.138. The van der Waals surface area contributed by atoms with Gasteiger partial charge >= 0.3 is 6.18 Å².